The summed E-state index contributed by atoms with van der Waals surface area (Å²) >= 11 is 0. The molecule has 6 heteroatoms. The van der Waals surface area contributed by atoms with Crippen LogP contribution in [-0.2, 0) is 11.2 Å². The third-order valence-corrected chi connectivity index (χ3v) is 5.26. The average molecular weight is 354 g/mol. The number of carbonyl (C=O) groups is 1. The monoisotopic (exact) mass is 354 g/mol. The Morgan fingerprint density at radius 2 is 2.04 bits per heavy atom. The Balaban J connectivity index is 1.37. The molecular weight excluding hydrogens is 331 g/mol. The van der Waals surface area contributed by atoms with Crippen LogP contribution >= 0.6 is 0 Å². The number of fused-ring (bicyclic) bond motifs is 1. The van der Waals surface area contributed by atoms with E-state index in [-0.39, 0.29) is 17.8 Å². The normalized spacial score (nSPS) is 20.3. The third-order valence-electron chi connectivity index (χ3n) is 5.26. The lowest BCUT2D eigenvalue weighted by atomic mass is 10.1. The van der Waals surface area contributed by atoms with Gasteiger partial charge in [-0.25, -0.2) is 9.37 Å². The minimum atomic E-state index is -0.323. The van der Waals surface area contributed by atoms with Crippen molar-refractivity contribution in [3.8, 4) is 0 Å². The number of hydrogen-bond donors (Lipinski definition) is 0. The lowest BCUT2D eigenvalue weighted by Crippen LogP contribution is -2.54. The molecule has 2 aromatic rings. The highest BCUT2D eigenvalue weighted by Gasteiger charge is 2.29. The highest BCUT2D eigenvalue weighted by atomic mass is 19.1. The van der Waals surface area contributed by atoms with Crippen molar-refractivity contribution in [3.63, 3.8) is 0 Å². The Bertz CT molecular complexity index is 795. The van der Waals surface area contributed by atoms with E-state index in [1.807, 2.05) is 23.1 Å². The Morgan fingerprint density at radius 3 is 2.81 bits per heavy atom. The molecule has 0 aliphatic carbocycles. The number of para-hydroxylation sites is 1. The number of piperazine rings is 1. The van der Waals surface area contributed by atoms with Gasteiger partial charge in [0, 0.05) is 37.9 Å². The van der Waals surface area contributed by atoms with Gasteiger partial charge in [-0.1, -0.05) is 18.2 Å². The fraction of sp³-hybridized carbons (Fsp3) is 0.400. The molecule has 1 amide bonds. The van der Waals surface area contributed by atoms with Crippen LogP contribution in [0.15, 0.2) is 42.6 Å². The van der Waals surface area contributed by atoms with Crippen molar-refractivity contribution in [1.82, 2.24) is 9.88 Å². The molecule has 1 saturated heterocycles. The Hall–Kier alpha value is -2.47. The summed E-state index contributed by atoms with van der Waals surface area (Å²) in [5.41, 5.74) is 2.31. The van der Waals surface area contributed by atoms with Gasteiger partial charge in [-0.3, -0.25) is 9.69 Å². The molecule has 0 spiro atoms. The standard InChI is InChI=1S/C20H23FN4O/c1-15-13-23(10-11-24(15)19-7-6-17(21)12-22-19)14-20(26)25-9-8-16-4-2-3-5-18(16)25/h2-7,12,15H,8-11,13-14H2,1H3. The topological polar surface area (TPSA) is 39.7 Å². The molecule has 0 bridgehead atoms. The highest BCUT2D eigenvalue weighted by molar-refractivity contribution is 5.96. The highest BCUT2D eigenvalue weighted by Crippen LogP contribution is 2.27. The van der Waals surface area contributed by atoms with Crippen LogP contribution in [0, 0.1) is 5.82 Å². The molecule has 1 atom stereocenters. The molecule has 0 saturated carbocycles. The maximum atomic E-state index is 13.1. The van der Waals surface area contributed by atoms with Crippen molar-refractivity contribution < 1.29 is 9.18 Å². The van der Waals surface area contributed by atoms with Gasteiger partial charge in [0.25, 0.3) is 0 Å². The number of pyridine rings is 1. The quantitative estimate of drug-likeness (QED) is 0.848. The van der Waals surface area contributed by atoms with E-state index in [2.05, 4.69) is 27.8 Å². The molecule has 136 valence electrons. The van der Waals surface area contributed by atoms with Gasteiger partial charge in [0.05, 0.1) is 12.7 Å². The van der Waals surface area contributed by atoms with Crippen LogP contribution in [0.1, 0.15) is 12.5 Å². The van der Waals surface area contributed by atoms with Crippen molar-refractivity contribution in [1.29, 1.82) is 0 Å². The first-order chi connectivity index (χ1) is 12.6. The Kier molecular flexibility index (Phi) is 4.59. The lowest BCUT2D eigenvalue weighted by Gasteiger charge is -2.40. The summed E-state index contributed by atoms with van der Waals surface area (Å²) < 4.78 is 13.1. The molecule has 5 nitrogen and oxygen atoms in total. The first-order valence-electron chi connectivity index (χ1n) is 9.10. The Morgan fingerprint density at radius 1 is 1.19 bits per heavy atom. The third kappa shape index (κ3) is 3.29. The van der Waals surface area contributed by atoms with Crippen molar-refractivity contribution in [2.45, 2.75) is 19.4 Å². The fourth-order valence-corrected chi connectivity index (χ4v) is 3.93. The predicted octanol–water partition coefficient (Wildman–Crippen LogP) is 2.32. The predicted molar refractivity (Wildman–Crippen MR) is 99.9 cm³/mol. The molecule has 1 unspecified atom stereocenters. The number of aromatic nitrogens is 1. The van der Waals surface area contributed by atoms with Gasteiger partial charge in [-0.2, -0.15) is 0 Å². The molecule has 1 fully saturated rings. The zero-order valence-electron chi connectivity index (χ0n) is 14.9. The second-order valence-corrected chi connectivity index (χ2v) is 7.04. The maximum Gasteiger partial charge on any atom is 0.241 e. The summed E-state index contributed by atoms with van der Waals surface area (Å²) in [6, 6.07) is 11.5. The van der Waals surface area contributed by atoms with E-state index in [1.165, 1.54) is 17.8 Å². The average Bonchev–Trinajstić information content (AvgIpc) is 3.07. The van der Waals surface area contributed by atoms with Crippen molar-refractivity contribution in [2.24, 2.45) is 0 Å². The molecule has 1 aromatic heterocycles. The van der Waals surface area contributed by atoms with E-state index in [9.17, 15) is 9.18 Å². The van der Waals surface area contributed by atoms with Crippen LogP contribution in [0.3, 0.4) is 0 Å². The van der Waals surface area contributed by atoms with Gasteiger partial charge in [-0.15, -0.1) is 0 Å². The molecule has 0 N–H and O–H groups in total. The number of halogens is 1. The molecule has 26 heavy (non-hydrogen) atoms. The Labute approximate surface area is 153 Å². The van der Waals surface area contributed by atoms with E-state index in [0.717, 1.165) is 44.1 Å². The summed E-state index contributed by atoms with van der Waals surface area (Å²) in [5.74, 6) is 0.630. The van der Waals surface area contributed by atoms with E-state index in [1.54, 1.807) is 6.07 Å². The van der Waals surface area contributed by atoms with Crippen LogP contribution in [0.25, 0.3) is 0 Å². The minimum absolute atomic E-state index is 0.163. The van der Waals surface area contributed by atoms with E-state index in [4.69, 9.17) is 0 Å². The van der Waals surface area contributed by atoms with Crippen molar-refractivity contribution in [3.05, 3.63) is 54.0 Å². The number of rotatable bonds is 3. The first kappa shape index (κ1) is 17.0. The zero-order valence-corrected chi connectivity index (χ0v) is 14.9. The molecule has 2 aliphatic heterocycles. The molecule has 3 heterocycles. The molecule has 4 rings (SSSR count). The summed E-state index contributed by atoms with van der Waals surface area (Å²) in [6.45, 7) is 5.69. The summed E-state index contributed by atoms with van der Waals surface area (Å²) in [5, 5.41) is 0. The van der Waals surface area contributed by atoms with Gasteiger partial charge in [0.1, 0.15) is 11.6 Å². The number of anilines is 2. The second kappa shape index (κ2) is 7.03. The molecule has 1 aromatic carbocycles. The minimum Gasteiger partial charge on any atom is -0.351 e. The first-order valence-corrected chi connectivity index (χ1v) is 9.10. The number of benzene rings is 1. The number of nitrogens with zero attached hydrogens (tertiary/aromatic N) is 4. The number of amides is 1. The molecule has 2 aliphatic rings. The van der Waals surface area contributed by atoms with E-state index < -0.39 is 0 Å². The summed E-state index contributed by atoms with van der Waals surface area (Å²) in [6.07, 6.45) is 2.19. The smallest absolute Gasteiger partial charge is 0.241 e. The van der Waals surface area contributed by atoms with Gasteiger partial charge >= 0.3 is 0 Å². The molecule has 0 radical (unpaired) electrons. The number of carbonyl (C=O) groups excluding carboxylic acids is 1. The molecular formula is C20H23FN4O. The van der Waals surface area contributed by atoms with Crippen molar-refractivity contribution in [2.75, 3.05) is 42.5 Å². The van der Waals surface area contributed by atoms with Crippen LogP contribution in [0.2, 0.25) is 0 Å². The number of hydrogen-bond acceptors (Lipinski definition) is 4. The van der Waals surface area contributed by atoms with E-state index in [0.29, 0.717) is 6.54 Å². The van der Waals surface area contributed by atoms with Crippen LogP contribution in [0.4, 0.5) is 15.9 Å². The van der Waals surface area contributed by atoms with Gasteiger partial charge < -0.3 is 9.80 Å². The van der Waals surface area contributed by atoms with Crippen LogP contribution < -0.4 is 9.80 Å². The van der Waals surface area contributed by atoms with Crippen molar-refractivity contribution >= 4 is 17.4 Å². The largest absolute Gasteiger partial charge is 0.351 e. The van der Waals surface area contributed by atoms with Gasteiger partial charge in [0.2, 0.25) is 5.91 Å². The summed E-state index contributed by atoms with van der Waals surface area (Å²) in [4.78, 5) is 23.3. The zero-order chi connectivity index (χ0) is 18.1. The van der Waals surface area contributed by atoms with Crippen LogP contribution in [0.5, 0.6) is 0 Å². The van der Waals surface area contributed by atoms with Gasteiger partial charge in [0.15, 0.2) is 0 Å². The summed E-state index contributed by atoms with van der Waals surface area (Å²) in [7, 11) is 0. The lowest BCUT2D eigenvalue weighted by molar-refractivity contribution is -0.119. The van der Waals surface area contributed by atoms with E-state index >= 15 is 0 Å². The second-order valence-electron chi connectivity index (χ2n) is 7.04. The SMILES string of the molecule is CC1CN(CC(=O)N2CCc3ccccc32)CCN1c1ccc(F)cn1. The maximum absolute atomic E-state index is 13.1. The van der Waals surface area contributed by atoms with Crippen LogP contribution in [-0.4, -0.2) is 54.6 Å². The fourth-order valence-electron chi connectivity index (χ4n) is 3.93. The van der Waals surface area contributed by atoms with Gasteiger partial charge in [-0.05, 0) is 37.1 Å².